The van der Waals surface area contributed by atoms with E-state index in [-0.39, 0.29) is 17.7 Å². The largest absolute Gasteiger partial charge is 0.349 e. The summed E-state index contributed by atoms with van der Waals surface area (Å²) >= 11 is 0. The van der Waals surface area contributed by atoms with E-state index in [9.17, 15) is 4.79 Å². The highest BCUT2D eigenvalue weighted by molar-refractivity contribution is 5.80. The maximum absolute atomic E-state index is 12.9. The third-order valence-corrected chi connectivity index (χ3v) is 6.25. The van der Waals surface area contributed by atoms with E-state index in [0.29, 0.717) is 30.2 Å². The van der Waals surface area contributed by atoms with Crippen LogP contribution in [0.1, 0.15) is 61.5 Å². The molecule has 1 amide bonds. The van der Waals surface area contributed by atoms with Crippen molar-refractivity contribution in [1.82, 2.24) is 25.0 Å². The van der Waals surface area contributed by atoms with E-state index in [4.69, 9.17) is 4.52 Å². The molecule has 2 aromatic rings. The minimum Gasteiger partial charge on any atom is -0.349 e. The van der Waals surface area contributed by atoms with E-state index in [1.165, 1.54) is 6.42 Å². The Morgan fingerprint density at radius 2 is 2.16 bits per heavy atom. The van der Waals surface area contributed by atoms with Crippen molar-refractivity contribution in [3.05, 3.63) is 29.9 Å². The van der Waals surface area contributed by atoms with Crippen LogP contribution in [-0.4, -0.2) is 25.6 Å². The molecule has 3 aliphatic rings. The number of carbonyl (C=O) groups excluding carboxylic acids is 1. The van der Waals surface area contributed by atoms with Gasteiger partial charge in [0.15, 0.2) is 5.82 Å². The van der Waals surface area contributed by atoms with E-state index in [0.717, 1.165) is 37.3 Å². The fourth-order valence-corrected chi connectivity index (χ4v) is 4.76. The van der Waals surface area contributed by atoms with Crippen molar-refractivity contribution in [2.75, 3.05) is 0 Å². The first-order valence-electron chi connectivity index (χ1n) is 9.28. The molecular formula is C18H23N5O2. The summed E-state index contributed by atoms with van der Waals surface area (Å²) in [5, 5.41) is 7.25. The number of nitrogens with one attached hydrogen (secondary N) is 1. The molecule has 7 nitrogen and oxygen atoms in total. The molecule has 2 bridgehead atoms. The van der Waals surface area contributed by atoms with Gasteiger partial charge in [-0.1, -0.05) is 5.16 Å². The Balaban J connectivity index is 1.34. The number of fused-ring (bicyclic) bond motifs is 2. The van der Waals surface area contributed by atoms with Crippen LogP contribution in [0.2, 0.25) is 0 Å². The van der Waals surface area contributed by atoms with Gasteiger partial charge in [-0.3, -0.25) is 4.79 Å². The van der Waals surface area contributed by atoms with Gasteiger partial charge < -0.3 is 14.4 Å². The fourth-order valence-electron chi connectivity index (χ4n) is 4.76. The van der Waals surface area contributed by atoms with Gasteiger partial charge in [0, 0.05) is 25.4 Å². The smallest absolute Gasteiger partial charge is 0.230 e. The van der Waals surface area contributed by atoms with Crippen LogP contribution in [-0.2, 0) is 18.4 Å². The van der Waals surface area contributed by atoms with Crippen LogP contribution < -0.4 is 5.32 Å². The second-order valence-electron chi connectivity index (χ2n) is 7.82. The van der Waals surface area contributed by atoms with Crippen LogP contribution in [0.3, 0.4) is 0 Å². The number of rotatable bonds is 5. The monoisotopic (exact) mass is 341 g/mol. The molecule has 0 aromatic carbocycles. The summed E-state index contributed by atoms with van der Waals surface area (Å²) in [5.74, 6) is 3.94. The van der Waals surface area contributed by atoms with Crippen LogP contribution in [0.15, 0.2) is 16.9 Å². The number of imidazole rings is 1. The Morgan fingerprint density at radius 3 is 2.92 bits per heavy atom. The summed E-state index contributed by atoms with van der Waals surface area (Å²) in [6.07, 6.45) is 9.35. The second-order valence-corrected chi connectivity index (χ2v) is 7.82. The summed E-state index contributed by atoms with van der Waals surface area (Å²) in [6.45, 7) is 0.458. The quantitative estimate of drug-likeness (QED) is 0.900. The molecule has 0 spiro atoms. The molecule has 25 heavy (non-hydrogen) atoms. The van der Waals surface area contributed by atoms with Crippen LogP contribution in [0, 0.1) is 17.8 Å². The zero-order valence-electron chi connectivity index (χ0n) is 14.4. The number of carbonyl (C=O) groups is 1. The molecule has 5 rings (SSSR count). The Hall–Kier alpha value is -2.18. The van der Waals surface area contributed by atoms with Crippen LogP contribution in [0.25, 0.3) is 0 Å². The van der Waals surface area contributed by atoms with E-state index in [2.05, 4.69) is 20.4 Å². The summed E-state index contributed by atoms with van der Waals surface area (Å²) in [6, 6.07) is 0. The highest BCUT2D eigenvalue weighted by atomic mass is 16.5. The predicted molar refractivity (Wildman–Crippen MR) is 88.4 cm³/mol. The molecule has 3 aliphatic carbocycles. The Kier molecular flexibility index (Phi) is 3.43. The zero-order valence-corrected chi connectivity index (χ0v) is 14.4. The minimum absolute atomic E-state index is 0.0495. The highest BCUT2D eigenvalue weighted by Crippen LogP contribution is 2.56. The molecule has 0 unspecified atom stereocenters. The van der Waals surface area contributed by atoms with Crippen molar-refractivity contribution in [1.29, 1.82) is 0 Å². The van der Waals surface area contributed by atoms with E-state index < -0.39 is 0 Å². The average molecular weight is 341 g/mol. The number of aryl methyl sites for hydroxylation is 1. The summed E-state index contributed by atoms with van der Waals surface area (Å²) < 4.78 is 7.52. The SMILES string of the molecule is Cn1ccnc1CNC(=O)[C@H]1[C@H]2CC[C@H](C2)[C@@H]1c1nc(C2CC2)no1. The Labute approximate surface area is 146 Å². The second kappa shape index (κ2) is 5.68. The van der Waals surface area contributed by atoms with E-state index in [1.54, 1.807) is 6.20 Å². The van der Waals surface area contributed by atoms with Gasteiger partial charge in [0.05, 0.1) is 18.4 Å². The number of amides is 1. The maximum atomic E-state index is 12.9. The van der Waals surface area contributed by atoms with Crippen molar-refractivity contribution >= 4 is 5.91 Å². The molecule has 0 aliphatic heterocycles. The van der Waals surface area contributed by atoms with Crippen LogP contribution >= 0.6 is 0 Å². The minimum atomic E-state index is -0.0495. The normalized spacial score (nSPS) is 30.8. The van der Waals surface area contributed by atoms with E-state index in [1.807, 2.05) is 17.8 Å². The van der Waals surface area contributed by atoms with Gasteiger partial charge in [-0.25, -0.2) is 4.98 Å². The molecule has 7 heteroatoms. The van der Waals surface area contributed by atoms with Crippen molar-refractivity contribution in [2.45, 2.75) is 50.5 Å². The lowest BCUT2D eigenvalue weighted by Gasteiger charge is -2.27. The lowest BCUT2D eigenvalue weighted by Crippen LogP contribution is -2.37. The van der Waals surface area contributed by atoms with Crippen molar-refractivity contribution in [2.24, 2.45) is 24.8 Å². The summed E-state index contributed by atoms with van der Waals surface area (Å²) in [4.78, 5) is 21.9. The predicted octanol–water partition coefficient (Wildman–Crippen LogP) is 2.13. The first-order chi connectivity index (χ1) is 12.2. The molecule has 3 saturated carbocycles. The van der Waals surface area contributed by atoms with Gasteiger partial charge in [0.1, 0.15) is 5.82 Å². The average Bonchev–Trinajstić information content (AvgIpc) is 3.02. The molecule has 2 aromatic heterocycles. The fraction of sp³-hybridized carbons (Fsp3) is 0.667. The Morgan fingerprint density at radius 1 is 1.32 bits per heavy atom. The highest BCUT2D eigenvalue weighted by Gasteiger charge is 2.53. The Bertz CT molecular complexity index is 793. The lowest BCUT2D eigenvalue weighted by atomic mass is 9.78. The molecule has 3 fully saturated rings. The summed E-state index contributed by atoms with van der Waals surface area (Å²) in [5.41, 5.74) is 0. The molecule has 0 radical (unpaired) electrons. The van der Waals surface area contributed by atoms with Gasteiger partial charge in [-0.15, -0.1) is 0 Å². The maximum Gasteiger partial charge on any atom is 0.230 e. The third kappa shape index (κ3) is 2.56. The van der Waals surface area contributed by atoms with E-state index >= 15 is 0 Å². The molecule has 2 heterocycles. The van der Waals surface area contributed by atoms with Gasteiger partial charge in [0.2, 0.25) is 11.8 Å². The van der Waals surface area contributed by atoms with Crippen molar-refractivity contribution in [3.8, 4) is 0 Å². The lowest BCUT2D eigenvalue weighted by molar-refractivity contribution is -0.127. The zero-order chi connectivity index (χ0) is 17.0. The number of nitrogens with zero attached hydrogens (tertiary/aromatic N) is 4. The standard InChI is InChI=1S/C18H23N5O2/c1-23-7-6-19-13(23)9-20-17(24)14-11-4-5-12(8-11)15(14)18-21-16(22-25-18)10-2-3-10/h6-7,10-12,14-15H,2-5,8-9H2,1H3,(H,20,24)/t11-,12+,14-,15-/m0/s1. The van der Waals surface area contributed by atoms with Gasteiger partial charge in [0.25, 0.3) is 0 Å². The van der Waals surface area contributed by atoms with Gasteiger partial charge >= 0.3 is 0 Å². The first-order valence-corrected chi connectivity index (χ1v) is 9.28. The first kappa shape index (κ1) is 15.1. The van der Waals surface area contributed by atoms with Crippen molar-refractivity contribution in [3.63, 3.8) is 0 Å². The number of aromatic nitrogens is 4. The van der Waals surface area contributed by atoms with Crippen molar-refractivity contribution < 1.29 is 9.32 Å². The topological polar surface area (TPSA) is 85.8 Å². The molecular weight excluding hydrogens is 318 g/mol. The number of hydrogen-bond donors (Lipinski definition) is 1. The number of hydrogen-bond acceptors (Lipinski definition) is 5. The summed E-state index contributed by atoms with van der Waals surface area (Å²) in [7, 11) is 1.94. The molecule has 0 saturated heterocycles. The molecule has 1 N–H and O–H groups in total. The van der Waals surface area contributed by atoms with Crippen LogP contribution in [0.4, 0.5) is 0 Å². The van der Waals surface area contributed by atoms with Crippen LogP contribution in [0.5, 0.6) is 0 Å². The third-order valence-electron chi connectivity index (χ3n) is 6.25. The van der Waals surface area contributed by atoms with Gasteiger partial charge in [-0.05, 0) is 43.9 Å². The molecule has 132 valence electrons. The van der Waals surface area contributed by atoms with Gasteiger partial charge in [-0.2, -0.15) is 4.98 Å². The molecule has 4 atom stereocenters.